The van der Waals surface area contributed by atoms with Crippen molar-refractivity contribution in [3.05, 3.63) is 0 Å². The van der Waals surface area contributed by atoms with Gasteiger partial charge in [-0.3, -0.25) is 0 Å². The Kier molecular flexibility index (Phi) is 4.32. The van der Waals surface area contributed by atoms with Crippen molar-refractivity contribution in [1.82, 2.24) is 4.90 Å². The normalized spacial score (nSPS) is 10.2. The van der Waals surface area contributed by atoms with Crippen LogP contribution >= 0.6 is 0 Å². The summed E-state index contributed by atoms with van der Waals surface area (Å²) < 4.78 is 1.94. The third kappa shape index (κ3) is 4.15. The average Bonchev–Trinajstić information content (AvgIpc) is 1.82. The van der Waals surface area contributed by atoms with Crippen molar-refractivity contribution >= 4 is 6.72 Å². The van der Waals surface area contributed by atoms with E-state index in [0.717, 1.165) is 19.8 Å². The molecule has 0 aliphatic carbocycles. The maximum Gasteiger partial charge on any atom is 0.198 e. The van der Waals surface area contributed by atoms with E-state index in [0.29, 0.717) is 0 Å². The standard InChI is InChI=1S/C7H17N2/c1-5-9(6-2)7-8(3)4/h3,5-7H2,1-2,4H3/q+1. The van der Waals surface area contributed by atoms with Gasteiger partial charge in [-0.25, -0.2) is 9.48 Å². The topological polar surface area (TPSA) is 6.25 Å². The summed E-state index contributed by atoms with van der Waals surface area (Å²) in [6.45, 7) is 11.3. The quantitative estimate of drug-likeness (QED) is 0.306. The van der Waals surface area contributed by atoms with Gasteiger partial charge in [0.15, 0.2) is 6.67 Å². The highest BCUT2D eigenvalue weighted by Gasteiger charge is 2.00. The highest BCUT2D eigenvalue weighted by molar-refractivity contribution is 5.13. The second-order valence-corrected chi connectivity index (χ2v) is 2.30. The van der Waals surface area contributed by atoms with E-state index in [4.69, 9.17) is 0 Å². The van der Waals surface area contributed by atoms with Crippen molar-refractivity contribution in [2.75, 3.05) is 26.8 Å². The molecule has 0 aromatic carbocycles. The molecule has 0 N–H and O–H groups in total. The van der Waals surface area contributed by atoms with E-state index in [-0.39, 0.29) is 0 Å². The van der Waals surface area contributed by atoms with Crippen LogP contribution in [-0.4, -0.2) is 43.0 Å². The minimum Gasteiger partial charge on any atom is -0.249 e. The molecule has 0 bridgehead atoms. The van der Waals surface area contributed by atoms with Crippen molar-refractivity contribution in [2.45, 2.75) is 13.8 Å². The number of nitrogens with zero attached hydrogens (tertiary/aromatic N) is 2. The Balaban J connectivity index is 3.43. The van der Waals surface area contributed by atoms with Gasteiger partial charge in [0.2, 0.25) is 0 Å². The summed E-state index contributed by atoms with van der Waals surface area (Å²) in [7, 11) is 1.98. The molecule has 0 radical (unpaired) electrons. The molecule has 0 saturated heterocycles. The van der Waals surface area contributed by atoms with Gasteiger partial charge in [-0.1, -0.05) is 13.8 Å². The van der Waals surface area contributed by atoms with E-state index in [1.54, 1.807) is 0 Å². The fraction of sp³-hybridized carbons (Fsp3) is 0.857. The molecule has 0 aliphatic rings. The predicted octanol–water partition coefficient (Wildman–Crippen LogP) is 0.629. The maximum atomic E-state index is 3.77. The van der Waals surface area contributed by atoms with E-state index in [9.17, 15) is 0 Å². The molecule has 0 atom stereocenters. The lowest BCUT2D eigenvalue weighted by atomic mass is 10.5. The van der Waals surface area contributed by atoms with Crippen molar-refractivity contribution < 1.29 is 4.58 Å². The second-order valence-electron chi connectivity index (χ2n) is 2.30. The van der Waals surface area contributed by atoms with Gasteiger partial charge in [-0.2, -0.15) is 0 Å². The molecule has 9 heavy (non-hydrogen) atoms. The third-order valence-corrected chi connectivity index (χ3v) is 1.34. The van der Waals surface area contributed by atoms with Crippen LogP contribution in [0.1, 0.15) is 13.8 Å². The SMILES string of the molecule is C=[N+](C)CN(CC)CC. The molecule has 0 aromatic heterocycles. The summed E-state index contributed by atoms with van der Waals surface area (Å²) in [6.07, 6.45) is 0. The molecule has 0 heterocycles. The Morgan fingerprint density at radius 1 is 1.33 bits per heavy atom. The summed E-state index contributed by atoms with van der Waals surface area (Å²) in [5, 5.41) is 0. The first-order chi connectivity index (χ1) is 4.20. The van der Waals surface area contributed by atoms with Crippen LogP contribution in [0.15, 0.2) is 0 Å². The largest absolute Gasteiger partial charge is 0.249 e. The highest BCUT2D eigenvalue weighted by Crippen LogP contribution is 1.83. The lowest BCUT2D eigenvalue weighted by Crippen LogP contribution is -2.29. The number of hydrogen-bond donors (Lipinski definition) is 0. The molecule has 2 heteroatoms. The van der Waals surface area contributed by atoms with Crippen molar-refractivity contribution in [1.29, 1.82) is 0 Å². The van der Waals surface area contributed by atoms with Crippen LogP contribution in [0.2, 0.25) is 0 Å². The fourth-order valence-electron chi connectivity index (χ4n) is 0.765. The molecule has 54 valence electrons. The maximum absolute atomic E-state index is 3.77. The zero-order valence-corrected chi connectivity index (χ0v) is 6.72. The Hall–Kier alpha value is -0.370. The van der Waals surface area contributed by atoms with E-state index in [1.807, 2.05) is 11.6 Å². The first kappa shape index (κ1) is 8.63. The number of hydrogen-bond acceptors (Lipinski definition) is 1. The van der Waals surface area contributed by atoms with Gasteiger partial charge in [0.25, 0.3) is 0 Å². The molecule has 0 aliphatic heterocycles. The van der Waals surface area contributed by atoms with E-state index in [2.05, 4.69) is 25.5 Å². The Morgan fingerprint density at radius 3 is 1.89 bits per heavy atom. The molecule has 2 nitrogen and oxygen atoms in total. The van der Waals surface area contributed by atoms with Crippen LogP contribution in [0.3, 0.4) is 0 Å². The molecule has 0 amide bonds. The van der Waals surface area contributed by atoms with Crippen molar-refractivity contribution in [2.24, 2.45) is 0 Å². The summed E-state index contributed by atoms with van der Waals surface area (Å²) >= 11 is 0. The van der Waals surface area contributed by atoms with Gasteiger partial charge >= 0.3 is 0 Å². The summed E-state index contributed by atoms with van der Waals surface area (Å²) in [5.41, 5.74) is 0. The van der Waals surface area contributed by atoms with Crippen LogP contribution in [0.5, 0.6) is 0 Å². The molecule has 0 spiro atoms. The van der Waals surface area contributed by atoms with Crippen LogP contribution < -0.4 is 0 Å². The molecule has 0 unspecified atom stereocenters. The lowest BCUT2D eigenvalue weighted by molar-refractivity contribution is -0.511. The number of rotatable bonds is 4. The first-order valence-corrected chi connectivity index (χ1v) is 3.44. The highest BCUT2D eigenvalue weighted by atomic mass is 15.2. The van der Waals surface area contributed by atoms with Crippen LogP contribution in [0.4, 0.5) is 0 Å². The van der Waals surface area contributed by atoms with Gasteiger partial charge < -0.3 is 0 Å². The van der Waals surface area contributed by atoms with Gasteiger partial charge in [0.1, 0.15) is 13.8 Å². The zero-order chi connectivity index (χ0) is 7.28. The van der Waals surface area contributed by atoms with Crippen LogP contribution in [-0.2, 0) is 0 Å². The third-order valence-electron chi connectivity index (χ3n) is 1.34. The molecular formula is C7H17N2+. The van der Waals surface area contributed by atoms with Gasteiger partial charge in [0, 0.05) is 13.1 Å². The van der Waals surface area contributed by atoms with E-state index < -0.39 is 0 Å². The average molecular weight is 129 g/mol. The molecule has 0 saturated carbocycles. The Morgan fingerprint density at radius 2 is 1.78 bits per heavy atom. The van der Waals surface area contributed by atoms with Crippen molar-refractivity contribution in [3.63, 3.8) is 0 Å². The minimum absolute atomic E-state index is 0.965. The summed E-state index contributed by atoms with van der Waals surface area (Å²) in [6, 6.07) is 0. The monoisotopic (exact) mass is 129 g/mol. The van der Waals surface area contributed by atoms with Crippen LogP contribution in [0.25, 0.3) is 0 Å². The van der Waals surface area contributed by atoms with E-state index >= 15 is 0 Å². The lowest BCUT2D eigenvalue weighted by Gasteiger charge is -2.13. The zero-order valence-electron chi connectivity index (χ0n) is 6.72. The smallest absolute Gasteiger partial charge is 0.198 e. The molecular weight excluding hydrogens is 112 g/mol. The molecule has 0 fully saturated rings. The Bertz CT molecular complexity index is 84.9. The van der Waals surface area contributed by atoms with Gasteiger partial charge in [0.05, 0.1) is 0 Å². The Labute approximate surface area is 57.8 Å². The van der Waals surface area contributed by atoms with Crippen molar-refractivity contribution in [3.8, 4) is 0 Å². The van der Waals surface area contributed by atoms with Gasteiger partial charge in [-0.15, -0.1) is 0 Å². The second kappa shape index (κ2) is 4.50. The van der Waals surface area contributed by atoms with Crippen LogP contribution in [0, 0.1) is 0 Å². The summed E-state index contributed by atoms with van der Waals surface area (Å²) in [5.74, 6) is 0. The predicted molar refractivity (Wildman–Crippen MR) is 41.1 cm³/mol. The van der Waals surface area contributed by atoms with Gasteiger partial charge in [-0.05, 0) is 0 Å². The molecule has 0 rings (SSSR count). The molecule has 0 aromatic rings. The van der Waals surface area contributed by atoms with E-state index in [1.165, 1.54) is 0 Å². The fourth-order valence-corrected chi connectivity index (χ4v) is 0.765. The minimum atomic E-state index is 0.965. The summed E-state index contributed by atoms with van der Waals surface area (Å²) in [4.78, 5) is 2.31. The first-order valence-electron chi connectivity index (χ1n) is 3.44.